The van der Waals surface area contributed by atoms with E-state index in [9.17, 15) is 0 Å². The molecular formula is C17H28N2. The van der Waals surface area contributed by atoms with Gasteiger partial charge in [0.1, 0.15) is 0 Å². The lowest BCUT2D eigenvalue weighted by Crippen LogP contribution is -2.41. The Hall–Kier alpha value is -1.02. The number of hydrogen-bond acceptors (Lipinski definition) is 2. The fourth-order valence-electron chi connectivity index (χ4n) is 3.08. The Kier molecular flexibility index (Phi) is 4.51. The summed E-state index contributed by atoms with van der Waals surface area (Å²) in [6.07, 6.45) is 3.64. The Morgan fingerprint density at radius 1 is 1.32 bits per heavy atom. The maximum absolute atomic E-state index is 5.90. The Morgan fingerprint density at radius 2 is 2.05 bits per heavy atom. The molecular weight excluding hydrogens is 232 g/mol. The zero-order valence-electron chi connectivity index (χ0n) is 12.8. The molecule has 1 aromatic carbocycles. The predicted octanol–water partition coefficient (Wildman–Crippen LogP) is 3.51. The summed E-state index contributed by atoms with van der Waals surface area (Å²) in [5.41, 5.74) is 10.0. The van der Waals surface area contributed by atoms with Crippen molar-refractivity contribution in [2.45, 2.75) is 59.0 Å². The lowest BCUT2D eigenvalue weighted by molar-refractivity contribution is 0.390. The van der Waals surface area contributed by atoms with Crippen LogP contribution in [0.3, 0.4) is 0 Å². The summed E-state index contributed by atoms with van der Waals surface area (Å²) in [7, 11) is 0. The summed E-state index contributed by atoms with van der Waals surface area (Å²) in [5, 5.41) is 0. The molecule has 2 N–H and O–H groups in total. The molecule has 0 spiro atoms. The fourth-order valence-corrected chi connectivity index (χ4v) is 3.08. The van der Waals surface area contributed by atoms with E-state index in [1.807, 2.05) is 0 Å². The first-order valence-corrected chi connectivity index (χ1v) is 7.59. The van der Waals surface area contributed by atoms with Crippen LogP contribution in [0.2, 0.25) is 0 Å². The molecule has 0 amide bonds. The standard InChI is InChI=1S/C17H28N2/c1-12-5-6-15(4)19(11-12)17-8-7-16(10-14(3)18)13(2)9-17/h7-9,12,14-15H,5-6,10-11,18H2,1-4H3. The minimum absolute atomic E-state index is 0.235. The highest BCUT2D eigenvalue weighted by Crippen LogP contribution is 2.29. The predicted molar refractivity (Wildman–Crippen MR) is 83.7 cm³/mol. The van der Waals surface area contributed by atoms with Crippen LogP contribution in [0.15, 0.2) is 18.2 Å². The molecule has 2 heteroatoms. The van der Waals surface area contributed by atoms with E-state index < -0.39 is 0 Å². The summed E-state index contributed by atoms with van der Waals surface area (Å²) >= 11 is 0. The van der Waals surface area contributed by atoms with E-state index in [4.69, 9.17) is 5.73 Å². The van der Waals surface area contributed by atoms with E-state index in [1.54, 1.807) is 0 Å². The second-order valence-electron chi connectivity index (χ2n) is 6.48. The third-order valence-corrected chi connectivity index (χ3v) is 4.32. The van der Waals surface area contributed by atoms with Crippen LogP contribution in [0.25, 0.3) is 0 Å². The van der Waals surface area contributed by atoms with E-state index in [0.717, 1.165) is 12.3 Å². The van der Waals surface area contributed by atoms with Crippen molar-refractivity contribution >= 4 is 5.69 Å². The molecule has 0 radical (unpaired) electrons. The van der Waals surface area contributed by atoms with Crippen molar-refractivity contribution in [3.8, 4) is 0 Å². The van der Waals surface area contributed by atoms with Crippen molar-refractivity contribution < 1.29 is 0 Å². The van der Waals surface area contributed by atoms with E-state index in [2.05, 4.69) is 50.8 Å². The van der Waals surface area contributed by atoms with Gasteiger partial charge in [-0.3, -0.25) is 0 Å². The van der Waals surface area contributed by atoms with E-state index in [0.29, 0.717) is 6.04 Å². The summed E-state index contributed by atoms with van der Waals surface area (Å²) in [6, 6.07) is 7.78. The van der Waals surface area contributed by atoms with Crippen LogP contribution < -0.4 is 10.6 Å². The Labute approximate surface area is 118 Å². The van der Waals surface area contributed by atoms with Crippen LogP contribution in [0.4, 0.5) is 5.69 Å². The summed E-state index contributed by atoms with van der Waals surface area (Å²) in [5.74, 6) is 0.806. The van der Waals surface area contributed by atoms with Crippen molar-refractivity contribution in [3.63, 3.8) is 0 Å². The Bertz CT molecular complexity index is 425. The molecule has 0 aliphatic carbocycles. The third kappa shape index (κ3) is 3.50. The first kappa shape index (κ1) is 14.4. The van der Waals surface area contributed by atoms with Crippen LogP contribution in [0.1, 0.15) is 44.7 Å². The highest BCUT2D eigenvalue weighted by Gasteiger charge is 2.23. The Morgan fingerprint density at radius 3 is 2.68 bits per heavy atom. The number of hydrogen-bond donors (Lipinski definition) is 1. The molecule has 0 aromatic heterocycles. The highest BCUT2D eigenvalue weighted by atomic mass is 15.2. The molecule has 1 aliphatic rings. The van der Waals surface area contributed by atoms with Gasteiger partial charge >= 0.3 is 0 Å². The molecule has 2 rings (SSSR count). The minimum atomic E-state index is 0.235. The average Bonchev–Trinajstić information content (AvgIpc) is 2.34. The van der Waals surface area contributed by atoms with Gasteiger partial charge in [-0.15, -0.1) is 0 Å². The fraction of sp³-hybridized carbons (Fsp3) is 0.647. The zero-order valence-corrected chi connectivity index (χ0v) is 12.8. The third-order valence-electron chi connectivity index (χ3n) is 4.32. The zero-order chi connectivity index (χ0) is 14.0. The molecule has 0 bridgehead atoms. The van der Waals surface area contributed by atoms with Gasteiger partial charge in [0.25, 0.3) is 0 Å². The smallest absolute Gasteiger partial charge is 0.0371 e. The number of benzene rings is 1. The van der Waals surface area contributed by atoms with E-state index in [1.165, 1.54) is 36.2 Å². The number of nitrogens with zero attached hydrogens (tertiary/aromatic N) is 1. The monoisotopic (exact) mass is 260 g/mol. The van der Waals surface area contributed by atoms with Gasteiger partial charge < -0.3 is 10.6 Å². The number of aryl methyl sites for hydroxylation is 1. The van der Waals surface area contributed by atoms with Crippen LogP contribution in [0.5, 0.6) is 0 Å². The summed E-state index contributed by atoms with van der Waals surface area (Å²) in [6.45, 7) is 10.2. The normalized spacial score (nSPS) is 25.4. The van der Waals surface area contributed by atoms with Gasteiger partial charge in [0, 0.05) is 24.3 Å². The second kappa shape index (κ2) is 5.96. The van der Waals surface area contributed by atoms with Crippen molar-refractivity contribution in [1.29, 1.82) is 0 Å². The van der Waals surface area contributed by atoms with Crippen molar-refractivity contribution in [2.75, 3.05) is 11.4 Å². The molecule has 0 saturated carbocycles. The van der Waals surface area contributed by atoms with Gasteiger partial charge in [-0.1, -0.05) is 13.0 Å². The summed E-state index contributed by atoms with van der Waals surface area (Å²) in [4.78, 5) is 2.57. The van der Waals surface area contributed by atoms with Crippen molar-refractivity contribution in [2.24, 2.45) is 11.7 Å². The van der Waals surface area contributed by atoms with Crippen LogP contribution in [-0.2, 0) is 6.42 Å². The molecule has 1 fully saturated rings. The number of nitrogens with two attached hydrogens (primary N) is 1. The SMILES string of the molecule is Cc1cc(N2CC(C)CCC2C)ccc1CC(C)N. The first-order chi connectivity index (χ1) is 8.97. The number of piperidine rings is 1. The molecule has 1 aliphatic heterocycles. The van der Waals surface area contributed by atoms with E-state index in [-0.39, 0.29) is 6.04 Å². The van der Waals surface area contributed by atoms with Gasteiger partial charge in [0.15, 0.2) is 0 Å². The number of rotatable bonds is 3. The highest BCUT2D eigenvalue weighted by molar-refractivity contribution is 5.52. The van der Waals surface area contributed by atoms with Gasteiger partial charge in [0.05, 0.1) is 0 Å². The lowest BCUT2D eigenvalue weighted by atomic mass is 9.93. The van der Waals surface area contributed by atoms with Crippen LogP contribution in [-0.4, -0.2) is 18.6 Å². The molecule has 1 aromatic rings. The molecule has 3 atom stereocenters. The second-order valence-corrected chi connectivity index (χ2v) is 6.48. The maximum Gasteiger partial charge on any atom is 0.0371 e. The van der Waals surface area contributed by atoms with Gasteiger partial charge in [-0.05, 0) is 69.2 Å². The lowest BCUT2D eigenvalue weighted by Gasteiger charge is -2.39. The molecule has 1 saturated heterocycles. The van der Waals surface area contributed by atoms with Crippen LogP contribution in [0, 0.1) is 12.8 Å². The van der Waals surface area contributed by atoms with Gasteiger partial charge in [-0.2, -0.15) is 0 Å². The quantitative estimate of drug-likeness (QED) is 0.901. The topological polar surface area (TPSA) is 29.3 Å². The largest absolute Gasteiger partial charge is 0.369 e. The molecule has 2 nitrogen and oxygen atoms in total. The van der Waals surface area contributed by atoms with E-state index >= 15 is 0 Å². The molecule has 1 heterocycles. The molecule has 19 heavy (non-hydrogen) atoms. The number of anilines is 1. The average molecular weight is 260 g/mol. The van der Waals surface area contributed by atoms with Crippen LogP contribution >= 0.6 is 0 Å². The first-order valence-electron chi connectivity index (χ1n) is 7.59. The Balaban J connectivity index is 2.18. The van der Waals surface area contributed by atoms with Gasteiger partial charge in [-0.25, -0.2) is 0 Å². The van der Waals surface area contributed by atoms with Crippen molar-refractivity contribution in [1.82, 2.24) is 0 Å². The summed E-state index contributed by atoms with van der Waals surface area (Å²) < 4.78 is 0. The van der Waals surface area contributed by atoms with Crippen molar-refractivity contribution in [3.05, 3.63) is 29.3 Å². The molecule has 106 valence electrons. The maximum atomic E-state index is 5.90. The minimum Gasteiger partial charge on any atom is -0.369 e. The van der Waals surface area contributed by atoms with Gasteiger partial charge in [0.2, 0.25) is 0 Å². The molecule has 3 unspecified atom stereocenters.